The van der Waals surface area contributed by atoms with E-state index in [9.17, 15) is 13.5 Å². The molecule has 0 spiro atoms. The number of aliphatic hydroxyl groups is 1. The number of hydrogen-bond acceptors (Lipinski definition) is 5. The minimum absolute atomic E-state index is 0.00590. The van der Waals surface area contributed by atoms with Gasteiger partial charge in [0.15, 0.2) is 0 Å². The van der Waals surface area contributed by atoms with Crippen LogP contribution in [-0.2, 0) is 14.8 Å². The monoisotopic (exact) mass is 401 g/mol. The predicted octanol–water partition coefficient (Wildman–Crippen LogP) is 2.88. The summed E-state index contributed by atoms with van der Waals surface area (Å²) in [5.41, 5.74) is 0.367. The molecule has 0 radical (unpaired) electrons. The molecule has 2 atom stereocenters. The van der Waals surface area contributed by atoms with E-state index in [4.69, 9.17) is 16.3 Å². The van der Waals surface area contributed by atoms with E-state index in [-0.39, 0.29) is 17.9 Å². The molecule has 2 aromatic rings. The van der Waals surface area contributed by atoms with Gasteiger partial charge in [-0.3, -0.25) is 0 Å². The molecule has 0 aliphatic carbocycles. The Kier molecular flexibility index (Phi) is 4.38. The van der Waals surface area contributed by atoms with Crippen molar-refractivity contribution in [1.82, 2.24) is 4.31 Å². The highest BCUT2D eigenvalue weighted by molar-refractivity contribution is 7.91. The maximum Gasteiger partial charge on any atom is 0.252 e. The number of rotatable bonds is 3. The molecule has 2 saturated heterocycles. The topological polar surface area (TPSA) is 66.8 Å². The lowest BCUT2D eigenvalue weighted by Gasteiger charge is -2.36. The van der Waals surface area contributed by atoms with Crippen molar-refractivity contribution in [2.75, 3.05) is 32.9 Å². The Hall–Kier alpha value is -0.700. The minimum Gasteiger partial charge on any atom is -0.396 e. The summed E-state index contributed by atoms with van der Waals surface area (Å²) in [6.45, 7) is 3.66. The number of fused-ring (bicyclic) bond motifs is 2. The first kappa shape index (κ1) is 17.7. The number of benzene rings is 1. The van der Waals surface area contributed by atoms with Crippen molar-refractivity contribution < 1.29 is 18.3 Å². The average molecular weight is 402 g/mol. The van der Waals surface area contributed by atoms with E-state index in [2.05, 4.69) is 0 Å². The molecular weight excluding hydrogens is 382 g/mol. The van der Waals surface area contributed by atoms with Crippen molar-refractivity contribution in [2.24, 2.45) is 11.3 Å². The van der Waals surface area contributed by atoms with Crippen molar-refractivity contribution in [3.05, 3.63) is 28.8 Å². The van der Waals surface area contributed by atoms with Gasteiger partial charge in [0.2, 0.25) is 0 Å². The second-order valence-corrected chi connectivity index (χ2v) is 10.6. The molecule has 1 aromatic heterocycles. The van der Waals surface area contributed by atoms with Crippen LogP contribution >= 0.6 is 22.9 Å². The van der Waals surface area contributed by atoms with Crippen LogP contribution in [0, 0.1) is 18.3 Å². The first-order valence-corrected chi connectivity index (χ1v) is 10.9. The summed E-state index contributed by atoms with van der Waals surface area (Å²) in [6, 6.07) is 5.45. The zero-order valence-corrected chi connectivity index (χ0v) is 16.3. The number of halogens is 1. The van der Waals surface area contributed by atoms with Crippen LogP contribution < -0.4 is 0 Å². The smallest absolute Gasteiger partial charge is 0.252 e. The normalized spacial score (nSPS) is 27.7. The zero-order valence-electron chi connectivity index (χ0n) is 13.9. The highest BCUT2D eigenvalue weighted by Gasteiger charge is 2.51. The molecule has 0 amide bonds. The third-order valence-corrected chi connectivity index (χ3v) is 9.51. The summed E-state index contributed by atoms with van der Waals surface area (Å²) < 4.78 is 34.9. The van der Waals surface area contributed by atoms with Gasteiger partial charge in [0.25, 0.3) is 10.0 Å². The molecule has 0 bridgehead atoms. The number of thiophene rings is 1. The number of nitrogens with zero attached hydrogens (tertiary/aromatic N) is 1. The van der Waals surface area contributed by atoms with E-state index in [1.54, 1.807) is 6.07 Å². The van der Waals surface area contributed by atoms with Gasteiger partial charge in [-0.15, -0.1) is 11.3 Å². The fraction of sp³-hybridized carbons (Fsp3) is 0.529. The SMILES string of the molecule is Cc1c(S(=O)(=O)N2C[C@@H]3COCC[C@]3(CO)C2)sc2ccc(Cl)cc12. The molecule has 5 nitrogen and oxygen atoms in total. The summed E-state index contributed by atoms with van der Waals surface area (Å²) in [4.78, 5) is 0. The van der Waals surface area contributed by atoms with Gasteiger partial charge in [-0.2, -0.15) is 4.31 Å². The van der Waals surface area contributed by atoms with Crippen molar-refractivity contribution in [3.63, 3.8) is 0 Å². The van der Waals surface area contributed by atoms with Gasteiger partial charge in [-0.25, -0.2) is 8.42 Å². The summed E-state index contributed by atoms with van der Waals surface area (Å²) >= 11 is 7.35. The molecule has 0 saturated carbocycles. The summed E-state index contributed by atoms with van der Waals surface area (Å²) in [5, 5.41) is 11.4. The fourth-order valence-corrected chi connectivity index (χ4v) is 7.61. The molecular formula is C17H20ClNO4S2. The Morgan fingerprint density at radius 1 is 1.48 bits per heavy atom. The quantitative estimate of drug-likeness (QED) is 0.858. The van der Waals surface area contributed by atoms with Gasteiger partial charge in [-0.1, -0.05) is 11.6 Å². The van der Waals surface area contributed by atoms with Crippen molar-refractivity contribution in [3.8, 4) is 0 Å². The molecule has 0 unspecified atom stereocenters. The van der Waals surface area contributed by atoms with E-state index < -0.39 is 10.0 Å². The third-order valence-electron chi connectivity index (χ3n) is 5.59. The molecule has 8 heteroatoms. The molecule has 2 aliphatic rings. The van der Waals surface area contributed by atoms with Crippen LogP contribution in [0.3, 0.4) is 0 Å². The van der Waals surface area contributed by atoms with Crippen LogP contribution in [0.4, 0.5) is 0 Å². The number of ether oxygens (including phenoxy) is 1. The molecule has 136 valence electrons. The summed E-state index contributed by atoms with van der Waals surface area (Å²) in [7, 11) is -3.61. The van der Waals surface area contributed by atoms with Crippen LogP contribution in [0.25, 0.3) is 10.1 Å². The van der Waals surface area contributed by atoms with E-state index >= 15 is 0 Å². The largest absolute Gasteiger partial charge is 0.396 e. The van der Waals surface area contributed by atoms with Crippen LogP contribution in [-0.4, -0.2) is 50.7 Å². The Morgan fingerprint density at radius 2 is 2.28 bits per heavy atom. The lowest BCUT2D eigenvalue weighted by atomic mass is 9.75. The van der Waals surface area contributed by atoms with Crippen molar-refractivity contribution in [2.45, 2.75) is 17.6 Å². The van der Waals surface area contributed by atoms with Gasteiger partial charge in [0.05, 0.1) is 13.2 Å². The van der Waals surface area contributed by atoms with E-state index in [0.29, 0.717) is 42.0 Å². The maximum atomic E-state index is 13.3. The van der Waals surface area contributed by atoms with Crippen LogP contribution in [0.1, 0.15) is 12.0 Å². The predicted molar refractivity (Wildman–Crippen MR) is 98.8 cm³/mol. The number of sulfonamides is 1. The first-order chi connectivity index (χ1) is 11.9. The fourth-order valence-electron chi connectivity index (χ4n) is 3.97. The molecule has 1 N–H and O–H groups in total. The van der Waals surface area contributed by atoms with E-state index in [1.807, 2.05) is 19.1 Å². The standard InChI is InChI=1S/C17H20ClNO4S2/c1-11-14-6-13(18)2-3-15(14)24-16(11)25(21,22)19-7-12-8-23-5-4-17(12,9-19)10-20/h2-3,6,12,20H,4-5,7-10H2,1H3/t12-,17-/m1/s1. The lowest BCUT2D eigenvalue weighted by Crippen LogP contribution is -2.41. The number of aryl methyl sites for hydroxylation is 1. The van der Waals surface area contributed by atoms with Crippen LogP contribution in [0.15, 0.2) is 22.4 Å². The Bertz CT molecular complexity index is 926. The summed E-state index contributed by atoms with van der Waals surface area (Å²) in [6.07, 6.45) is 0.696. The highest BCUT2D eigenvalue weighted by Crippen LogP contribution is 2.45. The molecule has 25 heavy (non-hydrogen) atoms. The molecule has 3 heterocycles. The van der Waals surface area contributed by atoms with Gasteiger partial charge >= 0.3 is 0 Å². The number of hydrogen-bond donors (Lipinski definition) is 1. The minimum atomic E-state index is -3.61. The van der Waals surface area contributed by atoms with Crippen LogP contribution in [0.2, 0.25) is 5.02 Å². The Balaban J connectivity index is 1.74. The second kappa shape index (κ2) is 6.18. The van der Waals surface area contributed by atoms with E-state index in [1.165, 1.54) is 15.6 Å². The Morgan fingerprint density at radius 3 is 3.00 bits per heavy atom. The highest BCUT2D eigenvalue weighted by atomic mass is 35.5. The molecule has 2 aliphatic heterocycles. The average Bonchev–Trinajstić information content (AvgIpc) is 3.15. The van der Waals surface area contributed by atoms with Crippen LogP contribution in [0.5, 0.6) is 0 Å². The molecule has 4 rings (SSSR count). The second-order valence-electron chi connectivity index (χ2n) is 6.99. The van der Waals surface area contributed by atoms with Crippen molar-refractivity contribution in [1.29, 1.82) is 0 Å². The Labute approximate surface area is 156 Å². The maximum absolute atomic E-state index is 13.3. The lowest BCUT2D eigenvalue weighted by molar-refractivity contribution is -0.0414. The molecule has 1 aromatic carbocycles. The van der Waals surface area contributed by atoms with Crippen molar-refractivity contribution >= 4 is 43.0 Å². The third kappa shape index (κ3) is 2.72. The van der Waals surface area contributed by atoms with E-state index in [0.717, 1.165) is 15.6 Å². The van der Waals surface area contributed by atoms with Gasteiger partial charge in [0, 0.05) is 40.8 Å². The van der Waals surface area contributed by atoms with Gasteiger partial charge in [-0.05, 0) is 42.5 Å². The van der Waals surface area contributed by atoms with Gasteiger partial charge in [0.1, 0.15) is 4.21 Å². The van der Waals surface area contributed by atoms with Gasteiger partial charge < -0.3 is 9.84 Å². The number of aliphatic hydroxyl groups excluding tert-OH is 1. The molecule has 2 fully saturated rings. The summed E-state index contributed by atoms with van der Waals surface area (Å²) in [5.74, 6) is 0.0464. The first-order valence-electron chi connectivity index (χ1n) is 8.25. The zero-order chi connectivity index (χ0) is 17.8.